The summed E-state index contributed by atoms with van der Waals surface area (Å²) in [6, 6.07) is 10.8. The average Bonchev–Trinajstić information content (AvgIpc) is 2.63. The van der Waals surface area contributed by atoms with Crippen LogP contribution in [-0.4, -0.2) is 11.8 Å². The van der Waals surface area contributed by atoms with E-state index in [-0.39, 0.29) is 11.8 Å². The standard InChI is InChI=1S/C16H12BrNO2/c1-9-3-5-12-13(7-9)16(20)18(15(12)19)14-6-4-11(17)8-10(14)2/h3-8H,1-2H3. The molecule has 3 rings (SSSR count). The molecule has 0 saturated carbocycles. The van der Waals surface area contributed by atoms with Crippen molar-refractivity contribution in [2.75, 3.05) is 4.90 Å². The van der Waals surface area contributed by atoms with E-state index in [1.165, 1.54) is 4.90 Å². The van der Waals surface area contributed by atoms with E-state index >= 15 is 0 Å². The van der Waals surface area contributed by atoms with Crippen molar-refractivity contribution in [1.29, 1.82) is 0 Å². The SMILES string of the molecule is Cc1ccc2c(c1)C(=O)N(c1ccc(Br)cc1C)C2=O. The van der Waals surface area contributed by atoms with E-state index in [0.29, 0.717) is 16.8 Å². The van der Waals surface area contributed by atoms with Crippen molar-refractivity contribution >= 4 is 33.4 Å². The van der Waals surface area contributed by atoms with E-state index in [4.69, 9.17) is 0 Å². The second-order valence-corrected chi connectivity index (χ2v) is 5.84. The zero-order chi connectivity index (χ0) is 14.4. The van der Waals surface area contributed by atoms with E-state index in [1.54, 1.807) is 18.2 Å². The van der Waals surface area contributed by atoms with Gasteiger partial charge in [-0.1, -0.05) is 27.6 Å². The van der Waals surface area contributed by atoms with E-state index < -0.39 is 0 Å². The van der Waals surface area contributed by atoms with E-state index in [9.17, 15) is 9.59 Å². The van der Waals surface area contributed by atoms with Gasteiger partial charge in [0.15, 0.2) is 0 Å². The summed E-state index contributed by atoms with van der Waals surface area (Å²) in [4.78, 5) is 26.2. The first kappa shape index (κ1) is 13.1. The van der Waals surface area contributed by atoms with Crippen molar-refractivity contribution in [3.8, 4) is 0 Å². The monoisotopic (exact) mass is 329 g/mol. The summed E-state index contributed by atoms with van der Waals surface area (Å²) in [5.41, 5.74) is 3.45. The topological polar surface area (TPSA) is 37.4 Å². The molecule has 1 aliphatic rings. The van der Waals surface area contributed by atoms with Crippen LogP contribution in [0.1, 0.15) is 31.8 Å². The predicted octanol–water partition coefficient (Wildman–Crippen LogP) is 3.87. The average molecular weight is 330 g/mol. The van der Waals surface area contributed by atoms with Gasteiger partial charge in [-0.15, -0.1) is 0 Å². The molecular weight excluding hydrogens is 318 g/mol. The molecule has 0 aliphatic carbocycles. The maximum atomic E-state index is 12.5. The minimum absolute atomic E-state index is 0.251. The van der Waals surface area contributed by atoms with E-state index in [0.717, 1.165) is 15.6 Å². The van der Waals surface area contributed by atoms with Crippen molar-refractivity contribution in [1.82, 2.24) is 0 Å². The van der Waals surface area contributed by atoms with E-state index in [2.05, 4.69) is 15.9 Å². The highest BCUT2D eigenvalue weighted by Crippen LogP contribution is 2.32. The zero-order valence-electron chi connectivity index (χ0n) is 11.1. The van der Waals surface area contributed by atoms with Crippen LogP contribution in [0.15, 0.2) is 40.9 Å². The highest BCUT2D eigenvalue weighted by atomic mass is 79.9. The largest absolute Gasteiger partial charge is 0.268 e. The molecule has 100 valence electrons. The number of hydrogen-bond donors (Lipinski definition) is 0. The van der Waals surface area contributed by atoms with Gasteiger partial charge >= 0.3 is 0 Å². The molecule has 4 heteroatoms. The number of fused-ring (bicyclic) bond motifs is 1. The summed E-state index contributed by atoms with van der Waals surface area (Å²) in [6.45, 7) is 3.79. The Labute approximate surface area is 125 Å². The third kappa shape index (κ3) is 1.88. The van der Waals surface area contributed by atoms with Crippen LogP contribution in [0.25, 0.3) is 0 Å². The smallest absolute Gasteiger partial charge is 0.266 e. The Morgan fingerprint density at radius 3 is 2.30 bits per heavy atom. The molecule has 1 aliphatic heterocycles. The summed E-state index contributed by atoms with van der Waals surface area (Å²) in [7, 11) is 0. The Hall–Kier alpha value is -1.94. The van der Waals surface area contributed by atoms with Crippen LogP contribution >= 0.6 is 15.9 Å². The number of benzene rings is 2. The Balaban J connectivity index is 2.14. The van der Waals surface area contributed by atoms with Crippen LogP contribution in [0, 0.1) is 13.8 Å². The van der Waals surface area contributed by atoms with Gasteiger partial charge in [-0.05, 0) is 49.7 Å². The number of anilines is 1. The van der Waals surface area contributed by atoms with Crippen LogP contribution in [0.2, 0.25) is 0 Å². The summed E-state index contributed by atoms with van der Waals surface area (Å²) in [5, 5.41) is 0. The molecule has 3 nitrogen and oxygen atoms in total. The fraction of sp³-hybridized carbons (Fsp3) is 0.125. The molecule has 0 fully saturated rings. The molecule has 0 aromatic heterocycles. The molecule has 0 bridgehead atoms. The minimum atomic E-state index is -0.254. The fourth-order valence-electron chi connectivity index (χ4n) is 2.44. The Morgan fingerprint density at radius 1 is 0.900 bits per heavy atom. The molecule has 2 aromatic rings. The summed E-state index contributed by atoms with van der Waals surface area (Å²) < 4.78 is 0.922. The number of imide groups is 1. The summed E-state index contributed by atoms with van der Waals surface area (Å²) >= 11 is 3.38. The molecule has 0 unspecified atom stereocenters. The van der Waals surface area contributed by atoms with E-state index in [1.807, 2.05) is 32.0 Å². The number of rotatable bonds is 1. The summed E-state index contributed by atoms with van der Waals surface area (Å²) in [6.07, 6.45) is 0. The number of carbonyl (C=O) groups excluding carboxylic acids is 2. The highest BCUT2D eigenvalue weighted by molar-refractivity contribution is 9.10. The molecular formula is C16H12BrNO2. The van der Waals surface area contributed by atoms with Gasteiger partial charge in [0.1, 0.15) is 0 Å². The van der Waals surface area contributed by atoms with Crippen molar-refractivity contribution in [3.05, 3.63) is 63.1 Å². The number of aryl methyl sites for hydroxylation is 2. The normalized spacial score (nSPS) is 13.8. The Kier molecular flexibility index (Phi) is 2.98. The van der Waals surface area contributed by atoms with Crippen LogP contribution < -0.4 is 4.90 Å². The quantitative estimate of drug-likeness (QED) is 0.745. The second kappa shape index (κ2) is 4.56. The van der Waals surface area contributed by atoms with Crippen molar-refractivity contribution < 1.29 is 9.59 Å². The third-order valence-corrected chi connectivity index (χ3v) is 3.94. The molecule has 2 aromatic carbocycles. The van der Waals surface area contributed by atoms with Crippen LogP contribution in [0.3, 0.4) is 0 Å². The van der Waals surface area contributed by atoms with Crippen molar-refractivity contribution in [2.24, 2.45) is 0 Å². The van der Waals surface area contributed by atoms with Gasteiger partial charge in [0.2, 0.25) is 0 Å². The van der Waals surface area contributed by atoms with Gasteiger partial charge in [0, 0.05) is 4.47 Å². The zero-order valence-corrected chi connectivity index (χ0v) is 12.7. The fourth-order valence-corrected chi connectivity index (χ4v) is 2.92. The lowest BCUT2D eigenvalue weighted by Gasteiger charge is -2.16. The number of amides is 2. The molecule has 0 radical (unpaired) electrons. The number of nitrogens with zero attached hydrogens (tertiary/aromatic N) is 1. The lowest BCUT2D eigenvalue weighted by Crippen LogP contribution is -2.30. The van der Waals surface area contributed by atoms with Crippen LogP contribution in [-0.2, 0) is 0 Å². The van der Waals surface area contributed by atoms with Gasteiger partial charge < -0.3 is 0 Å². The lowest BCUT2D eigenvalue weighted by atomic mass is 10.1. The molecule has 2 amide bonds. The first-order valence-electron chi connectivity index (χ1n) is 6.24. The van der Waals surface area contributed by atoms with Crippen molar-refractivity contribution in [2.45, 2.75) is 13.8 Å². The van der Waals surface area contributed by atoms with Gasteiger partial charge in [0.25, 0.3) is 11.8 Å². The van der Waals surface area contributed by atoms with Crippen LogP contribution in [0.5, 0.6) is 0 Å². The lowest BCUT2D eigenvalue weighted by molar-refractivity contribution is 0.0926. The molecule has 20 heavy (non-hydrogen) atoms. The number of halogens is 1. The molecule has 0 spiro atoms. The first-order valence-corrected chi connectivity index (χ1v) is 7.04. The highest BCUT2D eigenvalue weighted by Gasteiger charge is 2.37. The van der Waals surface area contributed by atoms with Crippen LogP contribution in [0.4, 0.5) is 5.69 Å². The van der Waals surface area contributed by atoms with Crippen molar-refractivity contribution in [3.63, 3.8) is 0 Å². The summed E-state index contributed by atoms with van der Waals surface area (Å²) in [5.74, 6) is -0.505. The molecule has 0 saturated heterocycles. The number of hydrogen-bond acceptors (Lipinski definition) is 2. The second-order valence-electron chi connectivity index (χ2n) is 4.93. The van der Waals surface area contributed by atoms with Gasteiger partial charge in [-0.25, -0.2) is 4.90 Å². The molecule has 0 atom stereocenters. The number of carbonyl (C=O) groups is 2. The van der Waals surface area contributed by atoms with Gasteiger partial charge in [-0.2, -0.15) is 0 Å². The third-order valence-electron chi connectivity index (χ3n) is 3.44. The predicted molar refractivity (Wildman–Crippen MR) is 81.2 cm³/mol. The van der Waals surface area contributed by atoms with Gasteiger partial charge in [-0.3, -0.25) is 9.59 Å². The first-order chi connectivity index (χ1) is 9.49. The molecule has 0 N–H and O–H groups in total. The molecule has 1 heterocycles. The van der Waals surface area contributed by atoms with Gasteiger partial charge in [0.05, 0.1) is 16.8 Å². The maximum Gasteiger partial charge on any atom is 0.266 e. The Bertz CT molecular complexity index is 752. The Morgan fingerprint density at radius 2 is 1.60 bits per heavy atom. The maximum absolute atomic E-state index is 12.5. The minimum Gasteiger partial charge on any atom is -0.268 e.